The summed E-state index contributed by atoms with van der Waals surface area (Å²) in [5.41, 5.74) is 4.09. The highest BCUT2D eigenvalue weighted by molar-refractivity contribution is 7.17. The Hall–Kier alpha value is -5.26. The number of nitrogens with zero attached hydrogens (tertiary/aromatic N) is 9. The molecular formula is C33H36N12O3S2. The average molecular weight is 713 g/mol. The number of thiophene rings is 2. The maximum atomic E-state index is 12.8. The summed E-state index contributed by atoms with van der Waals surface area (Å²) in [6.07, 6.45) is 14.7. The Kier molecular flexibility index (Phi) is 12.0. The smallest absolute Gasteiger partial charge is 0.358 e. The number of aromatic nitrogens is 8. The number of carbonyl (C=O) groups excluding carboxylic acids is 2. The minimum atomic E-state index is -0.476. The molecule has 1 amide bonds. The highest BCUT2D eigenvalue weighted by Gasteiger charge is 2.24. The van der Waals surface area contributed by atoms with Crippen molar-refractivity contribution >= 4 is 66.9 Å². The largest absolute Gasteiger partial charge is 0.464 e. The van der Waals surface area contributed by atoms with Gasteiger partial charge in [0.2, 0.25) is 11.9 Å². The van der Waals surface area contributed by atoms with Crippen molar-refractivity contribution in [1.82, 2.24) is 50.1 Å². The summed E-state index contributed by atoms with van der Waals surface area (Å²) >= 11 is 2.91. The highest BCUT2D eigenvalue weighted by Crippen LogP contribution is 2.26. The van der Waals surface area contributed by atoms with Crippen molar-refractivity contribution in [3.8, 4) is 0 Å². The third kappa shape index (κ3) is 9.04. The molecule has 15 nitrogen and oxygen atoms in total. The molecule has 6 aromatic rings. The minimum absolute atomic E-state index is 0.00607. The predicted octanol–water partition coefficient (Wildman–Crippen LogP) is 4.58. The molecule has 6 aromatic heterocycles. The first-order valence-electron chi connectivity index (χ1n) is 16.1. The number of hydrogen-bond acceptors (Lipinski definition) is 16. The molecule has 0 aromatic carbocycles. The first-order chi connectivity index (χ1) is 24.6. The monoisotopic (exact) mass is 712 g/mol. The molecule has 0 saturated carbocycles. The third-order valence-corrected chi connectivity index (χ3v) is 9.49. The van der Waals surface area contributed by atoms with E-state index in [0.29, 0.717) is 36.2 Å². The lowest BCUT2D eigenvalue weighted by molar-refractivity contribution is 0.0596. The van der Waals surface area contributed by atoms with Crippen molar-refractivity contribution in [3.05, 3.63) is 82.8 Å². The van der Waals surface area contributed by atoms with Gasteiger partial charge in [-0.3, -0.25) is 4.79 Å². The number of fused-ring (bicyclic) bond motifs is 2. The van der Waals surface area contributed by atoms with Crippen LogP contribution in [0.5, 0.6) is 0 Å². The lowest BCUT2D eigenvalue weighted by Crippen LogP contribution is -2.28. The molecule has 0 aliphatic carbocycles. The molecule has 0 atom stereocenters. The Morgan fingerprint density at radius 2 is 1.24 bits per heavy atom. The molecule has 8 rings (SSSR count). The van der Waals surface area contributed by atoms with Crippen LogP contribution in [0.25, 0.3) is 20.4 Å². The fraction of sp³-hybridized carbons (Fsp3) is 0.333. The van der Waals surface area contributed by atoms with Crippen LogP contribution in [0.15, 0.2) is 60.3 Å². The molecule has 2 aliphatic rings. The fourth-order valence-electron chi connectivity index (χ4n) is 5.16. The van der Waals surface area contributed by atoms with Crippen LogP contribution in [-0.2, 0) is 17.8 Å². The topological polar surface area (TPSA) is 186 Å². The Labute approximate surface area is 296 Å². The van der Waals surface area contributed by atoms with E-state index in [0.717, 1.165) is 52.0 Å². The summed E-state index contributed by atoms with van der Waals surface area (Å²) in [6.45, 7) is 5.09. The first kappa shape index (κ1) is 34.6. The average Bonchev–Trinajstić information content (AvgIpc) is 4.02. The molecule has 2 aliphatic heterocycles. The second-order valence-electron chi connectivity index (χ2n) is 11.2. The standard InChI is InChI=1S/C16H16N6OS.C13H11N5O2S.C4H9N/c23-15(22-4-1-2-5-22)13-14-12(3-6-24-14)20-16(21-13)19-9-11-7-17-10-18-8-11;1-20-12(19)10-11-9(2-3-21-11)17-13(18-10)16-6-8-4-14-7-15-5-8;1-2-4-5-3-1/h3,6-8,10H,1-2,4-5,9H2,(H,19,20,21);2-5,7H,6H2,1H3,(H,16,17,18);5H,1-4H2. The number of rotatable bonds is 8. The van der Waals surface area contributed by atoms with Crippen molar-refractivity contribution in [1.29, 1.82) is 0 Å². The maximum Gasteiger partial charge on any atom is 0.358 e. The van der Waals surface area contributed by atoms with Gasteiger partial charge in [-0.1, -0.05) is 0 Å². The van der Waals surface area contributed by atoms with E-state index in [9.17, 15) is 9.59 Å². The van der Waals surface area contributed by atoms with Crippen molar-refractivity contribution in [3.63, 3.8) is 0 Å². The molecule has 258 valence electrons. The van der Waals surface area contributed by atoms with Crippen LogP contribution in [0, 0.1) is 0 Å². The summed E-state index contributed by atoms with van der Waals surface area (Å²) in [6, 6.07) is 3.75. The molecule has 0 radical (unpaired) electrons. The molecule has 2 fully saturated rings. The zero-order valence-corrected chi connectivity index (χ0v) is 29.0. The number of nitrogens with one attached hydrogen (secondary N) is 3. The van der Waals surface area contributed by atoms with E-state index in [4.69, 9.17) is 4.74 Å². The van der Waals surface area contributed by atoms with Crippen LogP contribution in [0.2, 0.25) is 0 Å². The van der Waals surface area contributed by atoms with E-state index in [1.807, 2.05) is 27.8 Å². The van der Waals surface area contributed by atoms with Crippen LogP contribution < -0.4 is 16.0 Å². The van der Waals surface area contributed by atoms with Crippen LogP contribution >= 0.6 is 22.7 Å². The van der Waals surface area contributed by atoms with Gasteiger partial charge in [0.15, 0.2) is 11.4 Å². The quantitative estimate of drug-likeness (QED) is 0.186. The van der Waals surface area contributed by atoms with Crippen molar-refractivity contribution in [2.75, 3.05) is 43.9 Å². The molecule has 17 heteroatoms. The van der Waals surface area contributed by atoms with Gasteiger partial charge in [-0.25, -0.2) is 44.7 Å². The lowest BCUT2D eigenvalue weighted by Gasteiger charge is -2.15. The molecule has 8 heterocycles. The molecule has 2 saturated heterocycles. The number of carbonyl (C=O) groups is 2. The Balaban J connectivity index is 0.000000153. The number of amides is 1. The van der Waals surface area contributed by atoms with E-state index >= 15 is 0 Å². The summed E-state index contributed by atoms with van der Waals surface area (Å²) in [5, 5.41) is 13.2. The SMILES string of the molecule is C1CCNC1.COC(=O)c1nc(NCc2cncnc2)nc2ccsc12.O=C(c1nc(NCc2cncnc2)nc2ccsc12)N1CCCC1. The molecule has 0 unspecified atom stereocenters. The van der Waals surface area contributed by atoms with Gasteiger partial charge >= 0.3 is 5.97 Å². The Morgan fingerprint density at radius 1 is 0.740 bits per heavy atom. The second-order valence-corrected chi connectivity index (χ2v) is 13.0. The van der Waals surface area contributed by atoms with Gasteiger partial charge in [-0.05, 0) is 61.7 Å². The van der Waals surface area contributed by atoms with Crippen molar-refractivity contribution in [2.45, 2.75) is 38.8 Å². The van der Waals surface area contributed by atoms with Gasteiger partial charge in [0, 0.05) is 62.1 Å². The van der Waals surface area contributed by atoms with Crippen molar-refractivity contribution < 1.29 is 14.3 Å². The third-order valence-electron chi connectivity index (χ3n) is 7.67. The summed E-state index contributed by atoms with van der Waals surface area (Å²) in [5.74, 6) is 0.335. The second kappa shape index (κ2) is 17.4. The molecule has 50 heavy (non-hydrogen) atoms. The predicted molar refractivity (Wildman–Crippen MR) is 192 cm³/mol. The Bertz CT molecular complexity index is 1990. The van der Waals surface area contributed by atoms with Gasteiger partial charge in [0.1, 0.15) is 12.7 Å². The van der Waals surface area contributed by atoms with E-state index in [-0.39, 0.29) is 11.6 Å². The van der Waals surface area contributed by atoms with E-state index < -0.39 is 5.97 Å². The number of esters is 1. The molecule has 0 bridgehead atoms. The number of likely N-dealkylation sites (tertiary alicyclic amines) is 1. The zero-order chi connectivity index (χ0) is 34.5. The molecule has 3 N–H and O–H groups in total. The number of methoxy groups -OCH3 is 1. The molecular weight excluding hydrogens is 677 g/mol. The van der Waals surface area contributed by atoms with Gasteiger partial charge in [-0.2, -0.15) is 0 Å². The van der Waals surface area contributed by atoms with E-state index in [2.05, 4.69) is 55.8 Å². The highest BCUT2D eigenvalue weighted by atomic mass is 32.1. The van der Waals surface area contributed by atoms with Gasteiger partial charge in [0.05, 0.1) is 27.5 Å². The normalized spacial score (nSPS) is 13.7. The number of anilines is 2. The van der Waals surface area contributed by atoms with E-state index in [1.165, 1.54) is 68.4 Å². The van der Waals surface area contributed by atoms with Crippen LogP contribution in [0.3, 0.4) is 0 Å². The first-order valence-corrected chi connectivity index (χ1v) is 17.9. The number of ether oxygens (including phenoxy) is 1. The van der Waals surface area contributed by atoms with Gasteiger partial charge < -0.3 is 25.6 Å². The molecule has 0 spiro atoms. The summed E-state index contributed by atoms with van der Waals surface area (Å²) in [7, 11) is 1.33. The summed E-state index contributed by atoms with van der Waals surface area (Å²) in [4.78, 5) is 59.9. The maximum absolute atomic E-state index is 12.8. The van der Waals surface area contributed by atoms with Crippen LogP contribution in [0.4, 0.5) is 11.9 Å². The zero-order valence-electron chi connectivity index (χ0n) is 27.4. The van der Waals surface area contributed by atoms with Crippen LogP contribution in [0.1, 0.15) is 57.8 Å². The van der Waals surface area contributed by atoms with Crippen molar-refractivity contribution in [2.24, 2.45) is 0 Å². The van der Waals surface area contributed by atoms with Gasteiger partial charge in [0.25, 0.3) is 5.91 Å². The Morgan fingerprint density at radius 3 is 1.72 bits per heavy atom. The summed E-state index contributed by atoms with van der Waals surface area (Å²) < 4.78 is 6.33. The fourth-order valence-corrected chi connectivity index (χ4v) is 6.78. The lowest BCUT2D eigenvalue weighted by atomic mass is 10.3. The van der Waals surface area contributed by atoms with Crippen LogP contribution in [-0.4, -0.2) is 89.9 Å². The minimum Gasteiger partial charge on any atom is -0.464 e. The number of hydrogen-bond donors (Lipinski definition) is 3. The van der Waals surface area contributed by atoms with Gasteiger partial charge in [-0.15, -0.1) is 22.7 Å². The van der Waals surface area contributed by atoms with E-state index in [1.54, 1.807) is 24.8 Å².